The Morgan fingerprint density at radius 2 is 1.87 bits per heavy atom. The minimum atomic E-state index is -0.945. The van der Waals surface area contributed by atoms with E-state index >= 15 is 0 Å². The Labute approximate surface area is 203 Å². The van der Waals surface area contributed by atoms with Gasteiger partial charge in [0, 0.05) is 0 Å². The van der Waals surface area contributed by atoms with Crippen LogP contribution in [-0.2, 0) is 26.9 Å². The van der Waals surface area contributed by atoms with Crippen molar-refractivity contribution in [2.45, 2.75) is 102 Å². The molecule has 3 saturated carbocycles. The maximum atomic E-state index is 12.2. The zero-order valence-corrected chi connectivity index (χ0v) is 27.1. The van der Waals surface area contributed by atoms with Gasteiger partial charge in [0.05, 0.1) is 0 Å². The second-order valence-corrected chi connectivity index (χ2v) is 22.5. The van der Waals surface area contributed by atoms with Gasteiger partial charge >= 0.3 is 191 Å². The van der Waals surface area contributed by atoms with Crippen LogP contribution < -0.4 is 0 Å². The van der Waals surface area contributed by atoms with Gasteiger partial charge in [-0.1, -0.05) is 13.8 Å². The summed E-state index contributed by atoms with van der Waals surface area (Å²) in [6, 6.07) is 0. The number of ketones is 1. The van der Waals surface area contributed by atoms with Crippen LogP contribution in [0.4, 0.5) is 0 Å². The van der Waals surface area contributed by atoms with E-state index in [1.54, 1.807) is 5.57 Å². The van der Waals surface area contributed by atoms with Crippen LogP contribution in [-0.4, -0.2) is 5.78 Å². The number of carbonyl (C=O) groups excluding carboxylic acids is 1. The quantitative estimate of drug-likeness (QED) is 0.250. The summed E-state index contributed by atoms with van der Waals surface area (Å²) < 4.78 is 1.46. The Bertz CT molecular complexity index is 672. The number of hydrogen-bond donors (Lipinski definition) is 0. The molecule has 1 nitrogen and oxygen atoms in total. The van der Waals surface area contributed by atoms with Gasteiger partial charge in [-0.05, 0) is 0 Å². The van der Waals surface area contributed by atoms with Gasteiger partial charge in [0.2, 0.25) is 0 Å². The molecule has 3 fully saturated rings. The van der Waals surface area contributed by atoms with Crippen LogP contribution in [0.1, 0.15) is 98.3 Å². The molecule has 3 heteroatoms. The van der Waals surface area contributed by atoms with Crippen molar-refractivity contribution in [2.75, 3.05) is 0 Å². The predicted octanol–water partition coefficient (Wildman–Crippen LogP) is 8.39. The van der Waals surface area contributed by atoms with Gasteiger partial charge in [-0.2, -0.15) is 0 Å². The fraction of sp³-hybridized carbons (Fsp3) is 0.889. The van der Waals surface area contributed by atoms with Crippen molar-refractivity contribution < 1.29 is 26.9 Å². The van der Waals surface area contributed by atoms with Crippen molar-refractivity contribution in [1.29, 1.82) is 0 Å². The van der Waals surface area contributed by atoms with E-state index in [1.807, 2.05) is 0 Å². The molecule has 0 heterocycles. The summed E-state index contributed by atoms with van der Waals surface area (Å²) in [6.45, 7) is 10.0. The average molecular weight is 664 g/mol. The fourth-order valence-corrected chi connectivity index (χ4v) is 20.2. The molecule has 0 saturated heterocycles. The molecule has 4 rings (SSSR count). The number of carbonyl (C=O) groups is 1. The Morgan fingerprint density at radius 1 is 1.07 bits per heavy atom. The van der Waals surface area contributed by atoms with Crippen LogP contribution in [0.3, 0.4) is 0 Å². The van der Waals surface area contributed by atoms with Gasteiger partial charge in [0.1, 0.15) is 0 Å². The number of allylic oxidation sites excluding steroid dienone is 1. The summed E-state index contributed by atoms with van der Waals surface area (Å²) in [5.41, 5.74) is 2.62. The first-order valence-corrected chi connectivity index (χ1v) is 28.9. The van der Waals surface area contributed by atoms with Gasteiger partial charge in [0.25, 0.3) is 0 Å². The van der Waals surface area contributed by atoms with Gasteiger partial charge < -0.3 is 0 Å². The van der Waals surface area contributed by atoms with Crippen LogP contribution in [0.2, 0.25) is 3.93 Å². The third-order valence-electron chi connectivity index (χ3n) is 10.4. The van der Waals surface area contributed by atoms with Crippen LogP contribution in [0, 0.1) is 46.3 Å². The molecule has 30 heavy (non-hydrogen) atoms. The molecule has 0 spiro atoms. The molecule has 7 atom stereocenters. The van der Waals surface area contributed by atoms with Crippen molar-refractivity contribution in [3.63, 3.8) is 0 Å². The van der Waals surface area contributed by atoms with E-state index in [-0.39, 0.29) is 0 Å². The summed E-state index contributed by atoms with van der Waals surface area (Å²) in [6.07, 6.45) is 16.9. The molecule has 0 radical (unpaired) electrons. The van der Waals surface area contributed by atoms with Crippen molar-refractivity contribution in [2.24, 2.45) is 46.3 Å². The Hall–Kier alpha value is 0.825. The Kier molecular flexibility index (Phi) is 7.66. The zero-order chi connectivity index (χ0) is 21.5. The standard InChI is InChI=1S/C27H43O.BrH.Hg/c1-18(2)7-6-8-19(3)23-11-12-24-22-10-9-20-17-21(28)13-15-26(20,4)25(22)14-16-27(23,24)5;;/h17-19,22-25H,4,6-16H2,1-3,5H3;1H;/q;;+1/p-1/t19-,22+,23-,24+,25+,26+,27-;;/m1../s1. The van der Waals surface area contributed by atoms with E-state index < -0.39 is 22.1 Å². The van der Waals surface area contributed by atoms with E-state index in [1.165, 1.54) is 68.1 Å². The predicted molar refractivity (Wildman–Crippen MR) is 126 cm³/mol. The fourth-order valence-electron chi connectivity index (χ4n) is 9.02. The Balaban J connectivity index is 1.53. The summed E-state index contributed by atoms with van der Waals surface area (Å²) >= 11 is 3.07. The molecule has 4 aliphatic rings. The van der Waals surface area contributed by atoms with Crippen molar-refractivity contribution in [3.8, 4) is 0 Å². The van der Waals surface area contributed by atoms with E-state index in [4.69, 9.17) is 0 Å². The molecule has 0 aromatic carbocycles. The maximum absolute atomic E-state index is 12.2. The summed E-state index contributed by atoms with van der Waals surface area (Å²) in [5.74, 6) is 5.90. The average Bonchev–Trinajstić information content (AvgIpc) is 3.05. The van der Waals surface area contributed by atoms with Gasteiger partial charge in [0.15, 0.2) is 0 Å². The molecule has 0 bridgehead atoms. The molecule has 0 amide bonds. The Morgan fingerprint density at radius 3 is 2.60 bits per heavy atom. The number of halogens is 1. The van der Waals surface area contributed by atoms with Gasteiger partial charge in [-0.15, -0.1) is 0 Å². The molecular weight excluding hydrogens is 621 g/mol. The summed E-state index contributed by atoms with van der Waals surface area (Å²) in [5, 5.41) is 0. The first-order chi connectivity index (χ1) is 14.3. The van der Waals surface area contributed by atoms with Crippen LogP contribution in [0.25, 0.3) is 0 Å². The number of hydrogen-bond acceptors (Lipinski definition) is 1. The first-order valence-electron chi connectivity index (χ1n) is 13.1. The second-order valence-electron chi connectivity index (χ2n) is 12.2. The van der Waals surface area contributed by atoms with E-state index in [9.17, 15) is 4.79 Å². The molecule has 0 aliphatic heterocycles. The van der Waals surface area contributed by atoms with Crippen molar-refractivity contribution in [3.05, 3.63) is 11.6 Å². The van der Waals surface area contributed by atoms with Gasteiger partial charge in [-0.3, -0.25) is 0 Å². The van der Waals surface area contributed by atoms with Crippen LogP contribution in [0.15, 0.2) is 11.6 Å². The van der Waals surface area contributed by atoms with Gasteiger partial charge in [-0.25, -0.2) is 0 Å². The van der Waals surface area contributed by atoms with E-state index in [0.29, 0.717) is 16.6 Å². The normalized spacial score (nSPS) is 41.5. The van der Waals surface area contributed by atoms with Crippen molar-refractivity contribution in [1.82, 2.24) is 0 Å². The molecule has 4 aliphatic carbocycles. The molecule has 166 valence electrons. The summed E-state index contributed by atoms with van der Waals surface area (Å²) in [4.78, 5) is 12.2. The van der Waals surface area contributed by atoms with Crippen molar-refractivity contribution >= 4 is 17.7 Å². The molecule has 0 unspecified atom stereocenters. The molecular formula is C27H43BrHgO. The zero-order valence-electron chi connectivity index (χ0n) is 20.0. The van der Waals surface area contributed by atoms with Crippen LogP contribution in [0.5, 0.6) is 0 Å². The molecule has 0 aromatic rings. The van der Waals surface area contributed by atoms with E-state index in [2.05, 4.69) is 45.7 Å². The van der Waals surface area contributed by atoms with Crippen LogP contribution >= 0.6 is 11.9 Å². The number of fused-ring (bicyclic) bond motifs is 5. The minimum absolute atomic E-state index is 0.419. The SMILES string of the molecule is CC(C)CCC[C@@H](C)[C@H]1CC[C@H]2[C@@H]3CCC4=CC(=O)CC[C@]4([CH2][Hg][Br])[C@H]3CC[C@]12C. The topological polar surface area (TPSA) is 17.1 Å². The molecule has 0 aromatic heterocycles. The van der Waals surface area contributed by atoms with E-state index in [0.717, 1.165) is 41.9 Å². The molecule has 0 N–H and O–H groups in total. The third kappa shape index (κ3) is 4.21. The number of rotatable bonds is 7. The summed E-state index contributed by atoms with van der Waals surface area (Å²) in [7, 11) is 0. The third-order valence-corrected chi connectivity index (χ3v) is 18.1. The first kappa shape index (κ1) is 24.0. The monoisotopic (exact) mass is 664 g/mol. The second kappa shape index (κ2) is 9.59.